The van der Waals surface area contributed by atoms with Crippen molar-refractivity contribution < 1.29 is 18.9 Å². The van der Waals surface area contributed by atoms with E-state index in [4.69, 9.17) is 23.9 Å². The third kappa shape index (κ3) is 4.33. The summed E-state index contributed by atoms with van der Waals surface area (Å²) < 4.78 is 25.0. The summed E-state index contributed by atoms with van der Waals surface area (Å²) in [4.78, 5) is 7.38. The molecule has 1 aliphatic rings. The predicted octanol–water partition coefficient (Wildman–Crippen LogP) is 4.67. The molecule has 5 rings (SSSR count). The number of rotatable bonds is 6. The predicted molar refractivity (Wildman–Crippen MR) is 139 cm³/mol. The lowest BCUT2D eigenvalue weighted by Gasteiger charge is -2.20. The highest BCUT2D eigenvalue weighted by Gasteiger charge is 2.22. The molecule has 2 aromatic carbocycles. The van der Waals surface area contributed by atoms with Gasteiger partial charge in [-0.05, 0) is 43.7 Å². The average molecular weight is 489 g/mol. The Morgan fingerprint density at radius 2 is 1.78 bits per heavy atom. The average Bonchev–Trinajstić information content (AvgIpc) is 3.07. The van der Waals surface area contributed by atoms with Crippen LogP contribution >= 0.6 is 0 Å². The molecule has 0 spiro atoms. The Kier molecular flexibility index (Phi) is 6.45. The maximum Gasteiger partial charge on any atom is 0.165 e. The third-order valence-corrected chi connectivity index (χ3v) is 6.94. The second kappa shape index (κ2) is 9.70. The Hall–Kier alpha value is -3.78. The summed E-state index contributed by atoms with van der Waals surface area (Å²) in [5, 5.41) is 5.40. The molecule has 0 N–H and O–H groups in total. The van der Waals surface area contributed by atoms with Crippen molar-refractivity contribution in [1.82, 2.24) is 19.7 Å². The minimum Gasteiger partial charge on any atom is -0.497 e. The van der Waals surface area contributed by atoms with Crippen LogP contribution in [0.1, 0.15) is 22.4 Å². The summed E-state index contributed by atoms with van der Waals surface area (Å²) in [6.07, 6.45) is 1.95. The van der Waals surface area contributed by atoms with Crippen LogP contribution in [0.5, 0.6) is 23.0 Å². The minimum atomic E-state index is 0.592. The molecular weight excluding hydrogens is 456 g/mol. The lowest BCUT2D eigenvalue weighted by molar-refractivity contribution is 0.216. The van der Waals surface area contributed by atoms with E-state index in [1.807, 2.05) is 36.1 Å². The summed E-state index contributed by atoms with van der Waals surface area (Å²) in [5.74, 6) is 2.93. The van der Waals surface area contributed by atoms with Gasteiger partial charge in [-0.3, -0.25) is 9.58 Å². The van der Waals surface area contributed by atoms with Gasteiger partial charge in [-0.15, -0.1) is 0 Å². The third-order valence-electron chi connectivity index (χ3n) is 6.94. The molecule has 1 aliphatic heterocycles. The van der Waals surface area contributed by atoms with E-state index in [1.165, 1.54) is 11.3 Å². The molecule has 8 nitrogen and oxygen atoms in total. The number of pyridine rings is 1. The van der Waals surface area contributed by atoms with Gasteiger partial charge in [-0.1, -0.05) is 0 Å². The number of ether oxygens (including phenoxy) is 4. The van der Waals surface area contributed by atoms with Gasteiger partial charge in [-0.2, -0.15) is 5.10 Å². The highest BCUT2D eigenvalue weighted by molar-refractivity contribution is 5.91. The van der Waals surface area contributed by atoms with Gasteiger partial charge in [0.15, 0.2) is 11.5 Å². The number of aromatic nitrogens is 3. The minimum absolute atomic E-state index is 0.592. The number of hydrogen-bond donors (Lipinski definition) is 0. The summed E-state index contributed by atoms with van der Waals surface area (Å²) in [5.41, 5.74) is 7.18. The van der Waals surface area contributed by atoms with E-state index < -0.39 is 0 Å². The van der Waals surface area contributed by atoms with Crippen LogP contribution in [0.2, 0.25) is 0 Å². The van der Waals surface area contributed by atoms with Crippen LogP contribution in [0.4, 0.5) is 0 Å². The van der Waals surface area contributed by atoms with Crippen molar-refractivity contribution in [2.75, 3.05) is 34.5 Å². The van der Waals surface area contributed by atoms with Crippen LogP contribution in [0.25, 0.3) is 22.2 Å². The molecule has 0 radical (unpaired) electrons. The summed E-state index contributed by atoms with van der Waals surface area (Å²) in [7, 11) is 6.96. The van der Waals surface area contributed by atoms with Crippen molar-refractivity contribution in [2.24, 2.45) is 7.05 Å². The van der Waals surface area contributed by atoms with Gasteiger partial charge in [0, 0.05) is 60.5 Å². The van der Waals surface area contributed by atoms with Crippen LogP contribution < -0.4 is 18.9 Å². The molecule has 0 bridgehead atoms. The first-order valence-electron chi connectivity index (χ1n) is 12.0. The molecule has 0 saturated carbocycles. The lowest BCUT2D eigenvalue weighted by Crippen LogP contribution is -2.25. The molecule has 188 valence electrons. The molecule has 0 saturated heterocycles. The van der Waals surface area contributed by atoms with Crippen LogP contribution in [-0.2, 0) is 20.1 Å². The maximum atomic E-state index is 6.18. The standard InChI is InChI=1S/C28H32N4O4/c1-17-9-24(30-27-23(17)12-22(33-4)13-25(27)34-5)19-10-20-15-32(16-21-14-29-31(3)18(21)2)7-8-36-28(20)26(11-19)35-6/h9-14H,7-8,15-16H2,1-6H3. The molecule has 0 unspecified atom stereocenters. The van der Waals surface area contributed by atoms with Crippen molar-refractivity contribution in [3.8, 4) is 34.3 Å². The molecule has 0 amide bonds. The van der Waals surface area contributed by atoms with Gasteiger partial charge >= 0.3 is 0 Å². The SMILES string of the molecule is COc1cc(OC)c2nc(-c3cc4c(c(OC)c3)OCCN(Cc3cnn(C)c3C)C4)cc(C)c2c1. The van der Waals surface area contributed by atoms with E-state index in [0.29, 0.717) is 18.1 Å². The maximum absolute atomic E-state index is 6.18. The zero-order valence-corrected chi connectivity index (χ0v) is 21.7. The van der Waals surface area contributed by atoms with E-state index in [-0.39, 0.29) is 0 Å². The largest absolute Gasteiger partial charge is 0.497 e. The van der Waals surface area contributed by atoms with Gasteiger partial charge in [0.05, 0.1) is 33.2 Å². The fourth-order valence-corrected chi connectivity index (χ4v) is 4.77. The zero-order chi connectivity index (χ0) is 25.4. The second-order valence-electron chi connectivity index (χ2n) is 9.15. The van der Waals surface area contributed by atoms with Crippen molar-refractivity contribution in [2.45, 2.75) is 26.9 Å². The highest BCUT2D eigenvalue weighted by Crippen LogP contribution is 2.40. The Morgan fingerprint density at radius 3 is 2.47 bits per heavy atom. The first-order valence-corrected chi connectivity index (χ1v) is 12.0. The van der Waals surface area contributed by atoms with Crippen molar-refractivity contribution in [3.63, 3.8) is 0 Å². The first kappa shape index (κ1) is 23.9. The number of nitrogens with zero attached hydrogens (tertiary/aromatic N) is 4. The van der Waals surface area contributed by atoms with E-state index in [2.05, 4.69) is 36.0 Å². The Balaban J connectivity index is 1.57. The van der Waals surface area contributed by atoms with Crippen molar-refractivity contribution in [1.29, 1.82) is 0 Å². The van der Waals surface area contributed by atoms with E-state index in [1.54, 1.807) is 21.3 Å². The number of fused-ring (bicyclic) bond motifs is 2. The Morgan fingerprint density at radius 1 is 0.972 bits per heavy atom. The summed E-state index contributed by atoms with van der Waals surface area (Å²) in [6, 6.07) is 10.1. The van der Waals surface area contributed by atoms with Gasteiger partial charge < -0.3 is 18.9 Å². The highest BCUT2D eigenvalue weighted by atomic mass is 16.5. The van der Waals surface area contributed by atoms with Gasteiger partial charge in [0.1, 0.15) is 23.6 Å². The van der Waals surface area contributed by atoms with E-state index in [9.17, 15) is 0 Å². The van der Waals surface area contributed by atoms with E-state index >= 15 is 0 Å². The number of benzene rings is 2. The summed E-state index contributed by atoms with van der Waals surface area (Å²) in [6.45, 7) is 7.13. The fraction of sp³-hybridized carbons (Fsp3) is 0.357. The van der Waals surface area contributed by atoms with Crippen molar-refractivity contribution >= 4 is 10.9 Å². The molecule has 2 aromatic heterocycles. The van der Waals surface area contributed by atoms with Gasteiger partial charge in [0.25, 0.3) is 0 Å². The summed E-state index contributed by atoms with van der Waals surface area (Å²) >= 11 is 0. The van der Waals surface area contributed by atoms with Crippen LogP contribution in [0.15, 0.2) is 36.5 Å². The number of methoxy groups -OCH3 is 3. The molecule has 0 atom stereocenters. The normalized spacial score (nSPS) is 13.7. The Bertz CT molecular complexity index is 1430. The van der Waals surface area contributed by atoms with Crippen LogP contribution in [0, 0.1) is 13.8 Å². The lowest BCUT2D eigenvalue weighted by atomic mass is 10.0. The second-order valence-corrected chi connectivity index (χ2v) is 9.15. The molecule has 3 heterocycles. The fourth-order valence-electron chi connectivity index (χ4n) is 4.77. The molecular formula is C28H32N4O4. The number of aryl methyl sites for hydroxylation is 2. The molecule has 36 heavy (non-hydrogen) atoms. The smallest absolute Gasteiger partial charge is 0.165 e. The van der Waals surface area contributed by atoms with Crippen molar-refractivity contribution in [3.05, 3.63) is 58.9 Å². The molecule has 8 heteroatoms. The van der Waals surface area contributed by atoms with Crippen LogP contribution in [0.3, 0.4) is 0 Å². The van der Waals surface area contributed by atoms with Crippen LogP contribution in [-0.4, -0.2) is 54.1 Å². The zero-order valence-electron chi connectivity index (χ0n) is 21.7. The van der Waals surface area contributed by atoms with Gasteiger partial charge in [-0.25, -0.2) is 4.98 Å². The quantitative estimate of drug-likeness (QED) is 0.391. The monoisotopic (exact) mass is 488 g/mol. The number of hydrogen-bond acceptors (Lipinski definition) is 7. The Labute approximate surface area is 211 Å². The molecule has 4 aromatic rings. The topological polar surface area (TPSA) is 70.9 Å². The first-order chi connectivity index (χ1) is 17.4. The van der Waals surface area contributed by atoms with Gasteiger partial charge in [0.2, 0.25) is 0 Å². The molecule has 0 aliphatic carbocycles. The molecule has 0 fully saturated rings. The van der Waals surface area contributed by atoms with E-state index in [0.717, 1.165) is 64.4 Å².